The summed E-state index contributed by atoms with van der Waals surface area (Å²) >= 11 is 6.96. The Hall–Kier alpha value is -0.340. The average Bonchev–Trinajstić information content (AvgIpc) is 2.17. The van der Waals surface area contributed by atoms with Gasteiger partial charge >= 0.3 is 0 Å². The van der Waals surface area contributed by atoms with Crippen molar-refractivity contribution >= 4 is 28.2 Å². The lowest BCUT2D eigenvalue weighted by Crippen LogP contribution is -1.98. The van der Waals surface area contributed by atoms with E-state index < -0.39 is 0 Å². The second-order valence-electron chi connectivity index (χ2n) is 3.72. The van der Waals surface area contributed by atoms with Crippen LogP contribution in [-0.2, 0) is 0 Å². The van der Waals surface area contributed by atoms with Gasteiger partial charge in [-0.05, 0) is 36.3 Å². The lowest BCUT2D eigenvalue weighted by atomic mass is 9.98. The third-order valence-electron chi connectivity index (χ3n) is 2.33. The topological polar surface area (TPSA) is 0 Å². The summed E-state index contributed by atoms with van der Waals surface area (Å²) in [7, 11) is 0. The van der Waals surface area contributed by atoms with Crippen LogP contribution in [0, 0.1) is 6.92 Å². The highest BCUT2D eigenvalue weighted by Crippen LogP contribution is 2.21. The van der Waals surface area contributed by atoms with E-state index in [0.717, 1.165) is 4.20 Å². The van der Waals surface area contributed by atoms with E-state index in [1.54, 1.807) is 11.8 Å². The van der Waals surface area contributed by atoms with Crippen LogP contribution in [0.3, 0.4) is 0 Å². The first-order valence-corrected chi connectivity index (χ1v) is 6.38. The van der Waals surface area contributed by atoms with E-state index >= 15 is 0 Å². The van der Waals surface area contributed by atoms with Crippen LogP contribution in [0.2, 0.25) is 0 Å². The fraction of sp³-hybridized carbons (Fsp3) is 0.417. The van der Waals surface area contributed by atoms with Gasteiger partial charge in [-0.2, -0.15) is 0 Å². The van der Waals surface area contributed by atoms with Gasteiger partial charge in [0.15, 0.2) is 0 Å². The minimum atomic E-state index is 0.569. The zero-order chi connectivity index (χ0) is 10.7. The van der Waals surface area contributed by atoms with Crippen molar-refractivity contribution < 1.29 is 0 Å². The Bertz CT molecular complexity index is 340. The van der Waals surface area contributed by atoms with Gasteiger partial charge in [0.05, 0.1) is 4.20 Å². The number of benzene rings is 1. The Balaban J connectivity index is 3.15. The summed E-state index contributed by atoms with van der Waals surface area (Å²) in [6.07, 6.45) is 2.03. The number of rotatable bonds is 2. The molecule has 14 heavy (non-hydrogen) atoms. The second-order valence-corrected chi connectivity index (χ2v) is 5.20. The van der Waals surface area contributed by atoms with E-state index in [4.69, 9.17) is 12.2 Å². The molecule has 76 valence electrons. The van der Waals surface area contributed by atoms with E-state index in [2.05, 4.69) is 39.0 Å². The summed E-state index contributed by atoms with van der Waals surface area (Å²) in [6.45, 7) is 6.52. The molecule has 0 atom stereocenters. The van der Waals surface area contributed by atoms with Gasteiger partial charge in [0.25, 0.3) is 0 Å². The van der Waals surface area contributed by atoms with Crippen LogP contribution in [0.1, 0.15) is 36.5 Å². The maximum atomic E-state index is 5.32. The maximum Gasteiger partial charge on any atom is 0.0778 e. The average molecular weight is 224 g/mol. The highest BCUT2D eigenvalue weighted by atomic mass is 32.2. The normalized spacial score (nSPS) is 10.6. The van der Waals surface area contributed by atoms with Crippen molar-refractivity contribution in [2.45, 2.75) is 26.7 Å². The quantitative estimate of drug-likeness (QED) is 0.692. The molecule has 1 aromatic rings. The predicted octanol–water partition coefficient (Wildman–Crippen LogP) is 4.16. The minimum absolute atomic E-state index is 0.569. The molecule has 0 saturated heterocycles. The van der Waals surface area contributed by atoms with Crippen LogP contribution in [0.15, 0.2) is 18.2 Å². The zero-order valence-electron chi connectivity index (χ0n) is 9.13. The Labute approximate surface area is 96.1 Å². The Kier molecular flexibility index (Phi) is 4.14. The largest absolute Gasteiger partial charge is 0.117 e. The third kappa shape index (κ3) is 2.58. The summed E-state index contributed by atoms with van der Waals surface area (Å²) in [5.41, 5.74) is 3.86. The summed E-state index contributed by atoms with van der Waals surface area (Å²) in [6, 6.07) is 6.57. The molecule has 0 aliphatic heterocycles. The number of aryl methyl sites for hydroxylation is 1. The van der Waals surface area contributed by atoms with Crippen LogP contribution in [-0.4, -0.2) is 10.5 Å². The minimum Gasteiger partial charge on any atom is -0.117 e. The molecule has 0 unspecified atom stereocenters. The molecule has 0 spiro atoms. The van der Waals surface area contributed by atoms with Gasteiger partial charge in [0, 0.05) is 5.56 Å². The van der Waals surface area contributed by atoms with Crippen LogP contribution >= 0.6 is 24.0 Å². The molecule has 0 amide bonds. The van der Waals surface area contributed by atoms with Crippen molar-refractivity contribution in [3.05, 3.63) is 34.9 Å². The molecule has 1 aromatic carbocycles. The summed E-state index contributed by atoms with van der Waals surface area (Å²) in [5, 5.41) is 0. The highest BCUT2D eigenvalue weighted by molar-refractivity contribution is 8.23. The smallest absolute Gasteiger partial charge is 0.0778 e. The molecule has 0 fully saturated rings. The summed E-state index contributed by atoms with van der Waals surface area (Å²) in [5.74, 6) is 0.569. The van der Waals surface area contributed by atoms with Gasteiger partial charge in [0.1, 0.15) is 0 Å². The molecule has 2 heteroatoms. The second kappa shape index (κ2) is 4.94. The fourth-order valence-corrected chi connectivity index (χ4v) is 1.99. The lowest BCUT2D eigenvalue weighted by molar-refractivity contribution is 0.865. The number of thiocarbonyl (C=S) groups is 1. The summed E-state index contributed by atoms with van der Waals surface area (Å²) < 4.78 is 0.991. The molecule has 0 nitrogen and oxygen atoms in total. The number of hydrogen-bond acceptors (Lipinski definition) is 2. The molecular weight excluding hydrogens is 208 g/mol. The van der Waals surface area contributed by atoms with Gasteiger partial charge in [0.2, 0.25) is 0 Å². The SMILES string of the molecule is CSC(=S)c1cc(C(C)C)ccc1C. The van der Waals surface area contributed by atoms with Crippen molar-refractivity contribution in [3.63, 3.8) is 0 Å². The first-order valence-electron chi connectivity index (χ1n) is 4.75. The maximum absolute atomic E-state index is 5.32. The van der Waals surface area contributed by atoms with E-state index in [0.29, 0.717) is 5.92 Å². The zero-order valence-corrected chi connectivity index (χ0v) is 10.8. The molecular formula is C12H16S2. The molecule has 0 N–H and O–H groups in total. The molecule has 0 aliphatic rings. The van der Waals surface area contributed by atoms with Crippen molar-refractivity contribution in [3.8, 4) is 0 Å². The molecule has 0 aliphatic carbocycles. The Morgan fingerprint density at radius 1 is 1.36 bits per heavy atom. The third-order valence-corrected chi connectivity index (χ3v) is 3.64. The monoisotopic (exact) mass is 224 g/mol. The first-order chi connectivity index (χ1) is 6.56. The number of thioether (sulfide) groups is 1. The van der Waals surface area contributed by atoms with Crippen molar-refractivity contribution in [2.24, 2.45) is 0 Å². The van der Waals surface area contributed by atoms with Gasteiger partial charge in [-0.3, -0.25) is 0 Å². The van der Waals surface area contributed by atoms with Crippen LogP contribution < -0.4 is 0 Å². The van der Waals surface area contributed by atoms with Crippen LogP contribution in [0.25, 0.3) is 0 Å². The van der Waals surface area contributed by atoms with E-state index in [1.165, 1.54) is 16.7 Å². The van der Waals surface area contributed by atoms with E-state index in [-0.39, 0.29) is 0 Å². The molecule has 1 rings (SSSR count). The van der Waals surface area contributed by atoms with Crippen molar-refractivity contribution in [1.82, 2.24) is 0 Å². The van der Waals surface area contributed by atoms with E-state index in [9.17, 15) is 0 Å². The number of hydrogen-bond donors (Lipinski definition) is 0. The van der Waals surface area contributed by atoms with Crippen molar-refractivity contribution in [1.29, 1.82) is 0 Å². The molecule has 0 heterocycles. The van der Waals surface area contributed by atoms with Crippen LogP contribution in [0.4, 0.5) is 0 Å². The first kappa shape index (κ1) is 11.7. The molecule has 0 saturated carbocycles. The van der Waals surface area contributed by atoms with Gasteiger partial charge < -0.3 is 0 Å². The van der Waals surface area contributed by atoms with Crippen molar-refractivity contribution in [2.75, 3.05) is 6.26 Å². The highest BCUT2D eigenvalue weighted by Gasteiger charge is 2.06. The van der Waals surface area contributed by atoms with Gasteiger partial charge in [-0.25, -0.2) is 0 Å². The molecule has 0 radical (unpaired) electrons. The summed E-state index contributed by atoms with van der Waals surface area (Å²) in [4.78, 5) is 0. The Morgan fingerprint density at radius 3 is 2.50 bits per heavy atom. The lowest BCUT2D eigenvalue weighted by Gasteiger charge is -2.10. The fourth-order valence-electron chi connectivity index (χ4n) is 1.33. The standard InChI is InChI=1S/C12H16S2/c1-8(2)10-6-5-9(3)11(7-10)12(13)14-4/h5-8H,1-4H3. The van der Waals surface area contributed by atoms with Gasteiger partial charge in [-0.1, -0.05) is 38.2 Å². The van der Waals surface area contributed by atoms with E-state index in [1.807, 2.05) is 6.26 Å². The Morgan fingerprint density at radius 2 is 2.00 bits per heavy atom. The molecule has 0 bridgehead atoms. The molecule has 0 aromatic heterocycles. The predicted molar refractivity (Wildman–Crippen MR) is 70.5 cm³/mol. The van der Waals surface area contributed by atoms with Crippen LogP contribution in [0.5, 0.6) is 0 Å². The van der Waals surface area contributed by atoms with Gasteiger partial charge in [-0.15, -0.1) is 11.8 Å².